The van der Waals surface area contributed by atoms with Gasteiger partial charge in [0.05, 0.1) is 16.8 Å². The molecule has 5 rings (SSSR count). The molecule has 0 bridgehead atoms. The number of hydrogen-bond acceptors (Lipinski definition) is 5. The zero-order chi connectivity index (χ0) is 22.9. The van der Waals surface area contributed by atoms with E-state index in [4.69, 9.17) is 33.6 Å². The SMILES string of the molecule is C=CC(=CCC=N)SCC1CN(c2nc3ccc(Cl)cc3s2)Cc2[nH]c3ccc(Cl)cc3c21. The Morgan fingerprint density at radius 1 is 1.27 bits per heavy atom. The third-order valence-corrected chi connectivity index (χ3v) is 8.56. The van der Waals surface area contributed by atoms with E-state index in [1.807, 2.05) is 30.3 Å². The molecule has 0 saturated carbocycles. The molecule has 8 heteroatoms. The number of hydrogen-bond donors (Lipinski definition) is 2. The molecule has 0 aliphatic carbocycles. The van der Waals surface area contributed by atoms with Gasteiger partial charge in [0.25, 0.3) is 0 Å². The minimum atomic E-state index is 0.282. The molecule has 0 radical (unpaired) electrons. The largest absolute Gasteiger partial charge is 0.357 e. The second kappa shape index (κ2) is 9.55. The van der Waals surface area contributed by atoms with Crippen molar-refractivity contribution in [2.24, 2.45) is 0 Å². The number of nitrogens with one attached hydrogen (secondary N) is 2. The second-order valence-electron chi connectivity index (χ2n) is 7.95. The molecule has 2 aromatic carbocycles. The molecule has 3 heterocycles. The van der Waals surface area contributed by atoms with Crippen LogP contribution in [0.4, 0.5) is 5.13 Å². The van der Waals surface area contributed by atoms with Gasteiger partial charge in [-0.1, -0.05) is 53.3 Å². The molecule has 0 fully saturated rings. The average Bonchev–Trinajstić information content (AvgIpc) is 3.39. The number of thioether (sulfide) groups is 1. The molecular formula is C25H22Cl2N4S2. The second-order valence-corrected chi connectivity index (χ2v) is 10.9. The van der Waals surface area contributed by atoms with E-state index in [2.05, 4.69) is 34.7 Å². The van der Waals surface area contributed by atoms with E-state index in [-0.39, 0.29) is 5.92 Å². The van der Waals surface area contributed by atoms with Crippen LogP contribution in [0.2, 0.25) is 10.0 Å². The van der Waals surface area contributed by atoms with Gasteiger partial charge in [-0.05, 0) is 48.2 Å². The van der Waals surface area contributed by atoms with Crippen molar-refractivity contribution >= 4 is 78.8 Å². The van der Waals surface area contributed by atoms with E-state index in [1.165, 1.54) is 22.9 Å². The predicted octanol–water partition coefficient (Wildman–Crippen LogP) is 8.03. The summed E-state index contributed by atoms with van der Waals surface area (Å²) < 4.78 is 1.10. The molecule has 0 amide bonds. The summed E-state index contributed by atoms with van der Waals surface area (Å²) >= 11 is 16.0. The molecule has 168 valence electrons. The van der Waals surface area contributed by atoms with Gasteiger partial charge in [-0.2, -0.15) is 0 Å². The van der Waals surface area contributed by atoms with Gasteiger partial charge < -0.3 is 15.3 Å². The van der Waals surface area contributed by atoms with Gasteiger partial charge >= 0.3 is 0 Å². The minimum Gasteiger partial charge on any atom is -0.357 e. The van der Waals surface area contributed by atoms with Gasteiger partial charge in [-0.25, -0.2) is 4.98 Å². The van der Waals surface area contributed by atoms with Crippen molar-refractivity contribution in [3.63, 3.8) is 0 Å². The van der Waals surface area contributed by atoms with Gasteiger partial charge in [0.15, 0.2) is 5.13 Å². The van der Waals surface area contributed by atoms with Crippen LogP contribution in [0.25, 0.3) is 21.1 Å². The molecule has 2 aromatic heterocycles. The quantitative estimate of drug-likeness (QED) is 0.194. The highest BCUT2D eigenvalue weighted by Gasteiger charge is 2.30. The number of thiazole rings is 1. The van der Waals surface area contributed by atoms with Crippen molar-refractivity contribution in [3.05, 3.63) is 81.3 Å². The van der Waals surface area contributed by atoms with Crippen LogP contribution in [0.1, 0.15) is 23.6 Å². The number of aromatic amines is 1. The Morgan fingerprint density at radius 2 is 2.09 bits per heavy atom. The number of nitrogens with zero attached hydrogens (tertiary/aromatic N) is 2. The zero-order valence-electron chi connectivity index (χ0n) is 17.8. The molecule has 4 nitrogen and oxygen atoms in total. The Bertz CT molecular complexity index is 1390. The van der Waals surface area contributed by atoms with Crippen LogP contribution >= 0.6 is 46.3 Å². The van der Waals surface area contributed by atoms with Crippen molar-refractivity contribution < 1.29 is 0 Å². The Hall–Kier alpha value is -2.25. The van der Waals surface area contributed by atoms with Crippen molar-refractivity contribution in [1.82, 2.24) is 9.97 Å². The van der Waals surface area contributed by atoms with E-state index in [0.717, 1.165) is 54.7 Å². The Balaban J connectivity index is 1.52. The third kappa shape index (κ3) is 4.58. The summed E-state index contributed by atoms with van der Waals surface area (Å²) in [5.74, 6) is 1.18. The Kier molecular flexibility index (Phi) is 6.52. The van der Waals surface area contributed by atoms with Crippen molar-refractivity contribution in [2.45, 2.75) is 18.9 Å². The van der Waals surface area contributed by atoms with Crippen molar-refractivity contribution in [2.75, 3.05) is 17.2 Å². The highest BCUT2D eigenvalue weighted by Crippen LogP contribution is 2.41. The number of benzene rings is 2. The zero-order valence-corrected chi connectivity index (χ0v) is 20.9. The summed E-state index contributed by atoms with van der Waals surface area (Å²) in [5.41, 5.74) is 4.64. The first-order chi connectivity index (χ1) is 16.1. The first-order valence-electron chi connectivity index (χ1n) is 10.6. The monoisotopic (exact) mass is 512 g/mol. The van der Waals surface area contributed by atoms with Crippen LogP contribution in [-0.4, -0.2) is 28.5 Å². The lowest BCUT2D eigenvalue weighted by Gasteiger charge is -2.33. The molecule has 2 N–H and O–H groups in total. The van der Waals surface area contributed by atoms with Crippen LogP contribution in [0.3, 0.4) is 0 Å². The number of rotatable bonds is 7. The standard InChI is InChI=1S/C25H22Cl2N4S2/c1-2-18(4-3-9-28)32-14-15-12-31(25-30-21-8-6-17(27)11-23(21)33-25)13-22-24(15)19-10-16(26)5-7-20(19)29-22/h2,4-11,15,28-29H,1,3,12-14H2. The topological polar surface area (TPSA) is 55.8 Å². The summed E-state index contributed by atoms with van der Waals surface area (Å²) in [5, 5.41) is 11.0. The Labute approximate surface area is 210 Å². The first kappa shape index (κ1) is 22.5. The number of aromatic nitrogens is 2. The van der Waals surface area contributed by atoms with E-state index in [0.29, 0.717) is 6.42 Å². The van der Waals surface area contributed by atoms with Gasteiger partial charge in [-0.15, -0.1) is 11.8 Å². The molecule has 33 heavy (non-hydrogen) atoms. The fourth-order valence-corrected chi connectivity index (χ4v) is 6.74. The van der Waals surface area contributed by atoms with E-state index >= 15 is 0 Å². The van der Waals surface area contributed by atoms with Gasteiger partial charge in [0.2, 0.25) is 0 Å². The highest BCUT2D eigenvalue weighted by molar-refractivity contribution is 8.03. The fraction of sp³-hybridized carbons (Fsp3) is 0.200. The number of allylic oxidation sites excluding steroid dienone is 2. The van der Waals surface area contributed by atoms with Crippen LogP contribution in [0.15, 0.2) is 60.0 Å². The van der Waals surface area contributed by atoms with Crippen LogP contribution < -0.4 is 4.90 Å². The molecule has 0 spiro atoms. The number of H-pyrrole nitrogens is 1. The smallest absolute Gasteiger partial charge is 0.186 e. The molecule has 4 aromatic rings. The molecule has 1 aliphatic heterocycles. The van der Waals surface area contributed by atoms with Gasteiger partial charge in [0, 0.05) is 56.2 Å². The molecule has 1 aliphatic rings. The predicted molar refractivity (Wildman–Crippen MR) is 146 cm³/mol. The third-order valence-electron chi connectivity index (χ3n) is 5.78. The summed E-state index contributed by atoms with van der Waals surface area (Å²) in [6.45, 7) is 5.59. The fourth-order valence-electron chi connectivity index (χ4n) is 4.32. The summed E-state index contributed by atoms with van der Waals surface area (Å²) in [6, 6.07) is 11.9. The van der Waals surface area contributed by atoms with Crippen molar-refractivity contribution in [3.8, 4) is 0 Å². The summed E-state index contributed by atoms with van der Waals surface area (Å²) in [6.07, 6.45) is 5.95. The number of anilines is 1. The number of halogens is 2. The maximum atomic E-state index is 7.32. The van der Waals surface area contributed by atoms with Crippen LogP contribution in [-0.2, 0) is 6.54 Å². The first-order valence-corrected chi connectivity index (χ1v) is 13.2. The summed E-state index contributed by atoms with van der Waals surface area (Å²) in [4.78, 5) is 12.0. The lowest BCUT2D eigenvalue weighted by atomic mass is 9.93. The maximum Gasteiger partial charge on any atom is 0.186 e. The van der Waals surface area contributed by atoms with Crippen LogP contribution in [0.5, 0.6) is 0 Å². The van der Waals surface area contributed by atoms with Gasteiger partial charge in [0.1, 0.15) is 0 Å². The lowest BCUT2D eigenvalue weighted by Crippen LogP contribution is -2.34. The van der Waals surface area contributed by atoms with Gasteiger partial charge in [-0.3, -0.25) is 0 Å². The van der Waals surface area contributed by atoms with E-state index < -0.39 is 0 Å². The number of fused-ring (bicyclic) bond motifs is 4. The lowest BCUT2D eigenvalue weighted by molar-refractivity contribution is 0.643. The molecule has 1 unspecified atom stereocenters. The average molecular weight is 514 g/mol. The maximum absolute atomic E-state index is 7.32. The minimum absolute atomic E-state index is 0.282. The molecule has 0 saturated heterocycles. The molecule has 1 atom stereocenters. The Morgan fingerprint density at radius 3 is 2.91 bits per heavy atom. The van der Waals surface area contributed by atoms with E-state index in [9.17, 15) is 0 Å². The summed E-state index contributed by atoms with van der Waals surface area (Å²) in [7, 11) is 0. The van der Waals surface area contributed by atoms with Crippen molar-refractivity contribution in [1.29, 1.82) is 5.41 Å². The molecular weight excluding hydrogens is 491 g/mol. The highest BCUT2D eigenvalue weighted by atomic mass is 35.5. The van der Waals surface area contributed by atoms with Crippen LogP contribution in [0, 0.1) is 5.41 Å². The normalized spacial score (nSPS) is 16.4. The van der Waals surface area contributed by atoms with E-state index in [1.54, 1.807) is 23.1 Å².